The molecule has 0 saturated carbocycles. The van der Waals surface area contributed by atoms with Crippen molar-refractivity contribution in [2.24, 2.45) is 0 Å². The molecule has 1 aliphatic rings. The topological polar surface area (TPSA) is 95.1 Å². The van der Waals surface area contributed by atoms with E-state index in [1.165, 1.54) is 8.61 Å². The predicted octanol–water partition coefficient (Wildman–Crippen LogP) is 2.69. The molecule has 1 aliphatic heterocycles. The van der Waals surface area contributed by atoms with E-state index in [9.17, 15) is 21.6 Å². The fraction of sp³-hybridized carbons (Fsp3) is 0.458. The fourth-order valence-corrected chi connectivity index (χ4v) is 6.32. The molecule has 0 spiro atoms. The number of hydrogen-bond acceptors (Lipinski definition) is 5. The van der Waals surface area contributed by atoms with E-state index in [4.69, 9.17) is 0 Å². The molecule has 1 heterocycles. The number of benzene rings is 2. The van der Waals surface area contributed by atoms with Crippen LogP contribution in [0.4, 0.5) is 5.69 Å². The average Bonchev–Trinajstić information content (AvgIpc) is 2.78. The molecule has 1 fully saturated rings. The van der Waals surface area contributed by atoms with Gasteiger partial charge in [-0.15, -0.1) is 0 Å². The van der Waals surface area contributed by atoms with Crippen molar-refractivity contribution in [1.29, 1.82) is 0 Å². The van der Waals surface area contributed by atoms with Crippen LogP contribution in [0.3, 0.4) is 0 Å². The Morgan fingerprint density at radius 3 is 2.06 bits per heavy atom. The SMILES string of the molecule is Cc1ccc(S(=O)(=O)N2CCN(C(=O)CCCN(c3ccc(C)c(C)c3)S(C)(=O)=O)CC2)cc1. The number of aryl methyl sites for hydroxylation is 3. The molecule has 0 N–H and O–H groups in total. The number of carbonyl (C=O) groups is 1. The zero-order valence-corrected chi connectivity index (χ0v) is 21.8. The summed E-state index contributed by atoms with van der Waals surface area (Å²) in [4.78, 5) is 14.6. The van der Waals surface area contributed by atoms with Gasteiger partial charge in [-0.25, -0.2) is 16.8 Å². The van der Waals surface area contributed by atoms with Gasteiger partial charge in [0.2, 0.25) is 26.0 Å². The quantitative estimate of drug-likeness (QED) is 0.548. The van der Waals surface area contributed by atoms with Crippen LogP contribution >= 0.6 is 0 Å². The predicted molar refractivity (Wildman–Crippen MR) is 134 cm³/mol. The molecule has 0 atom stereocenters. The highest BCUT2D eigenvalue weighted by Gasteiger charge is 2.30. The number of amides is 1. The van der Waals surface area contributed by atoms with Gasteiger partial charge in [-0.3, -0.25) is 9.10 Å². The number of hydrogen-bond donors (Lipinski definition) is 0. The van der Waals surface area contributed by atoms with Crippen LogP contribution in [0.15, 0.2) is 47.4 Å². The number of carbonyl (C=O) groups excluding carboxylic acids is 1. The molecule has 10 heteroatoms. The summed E-state index contributed by atoms with van der Waals surface area (Å²) >= 11 is 0. The van der Waals surface area contributed by atoms with Gasteiger partial charge in [0, 0.05) is 39.1 Å². The zero-order valence-electron chi connectivity index (χ0n) is 20.2. The minimum Gasteiger partial charge on any atom is -0.340 e. The Labute approximate surface area is 203 Å². The lowest BCUT2D eigenvalue weighted by Gasteiger charge is -2.34. The molecule has 1 saturated heterocycles. The van der Waals surface area contributed by atoms with Crippen LogP contribution in [0.5, 0.6) is 0 Å². The van der Waals surface area contributed by atoms with Gasteiger partial charge in [0.25, 0.3) is 0 Å². The van der Waals surface area contributed by atoms with Crippen LogP contribution < -0.4 is 4.31 Å². The normalized spacial score (nSPS) is 15.4. The van der Waals surface area contributed by atoms with E-state index in [1.807, 2.05) is 32.9 Å². The van der Waals surface area contributed by atoms with Crippen LogP contribution in [-0.4, -0.2) is 70.9 Å². The molecule has 0 aliphatic carbocycles. The molecule has 1 amide bonds. The second kappa shape index (κ2) is 10.5. The Bertz CT molecular complexity index is 1230. The lowest BCUT2D eigenvalue weighted by Crippen LogP contribution is -2.50. The van der Waals surface area contributed by atoms with Crippen LogP contribution in [0, 0.1) is 20.8 Å². The molecule has 0 unspecified atom stereocenters. The summed E-state index contributed by atoms with van der Waals surface area (Å²) in [6, 6.07) is 12.2. The third-order valence-electron chi connectivity index (χ3n) is 6.18. The Hall–Kier alpha value is -2.43. The van der Waals surface area contributed by atoms with Crippen molar-refractivity contribution < 1.29 is 21.6 Å². The van der Waals surface area contributed by atoms with Crippen molar-refractivity contribution in [1.82, 2.24) is 9.21 Å². The number of piperazine rings is 1. The van der Waals surface area contributed by atoms with Crippen molar-refractivity contribution >= 4 is 31.6 Å². The van der Waals surface area contributed by atoms with Gasteiger partial charge in [-0.2, -0.15) is 4.31 Å². The maximum absolute atomic E-state index is 12.9. The lowest BCUT2D eigenvalue weighted by atomic mass is 10.1. The van der Waals surface area contributed by atoms with Gasteiger partial charge in [0.15, 0.2) is 0 Å². The van der Waals surface area contributed by atoms with Gasteiger partial charge >= 0.3 is 0 Å². The first kappa shape index (κ1) is 26.2. The van der Waals surface area contributed by atoms with Crippen LogP contribution in [0.2, 0.25) is 0 Å². The van der Waals surface area contributed by atoms with E-state index in [0.29, 0.717) is 25.2 Å². The highest BCUT2D eigenvalue weighted by molar-refractivity contribution is 7.92. The Kier molecular flexibility index (Phi) is 8.05. The second-order valence-corrected chi connectivity index (χ2v) is 12.6. The maximum atomic E-state index is 12.9. The minimum atomic E-state index is -3.59. The van der Waals surface area contributed by atoms with Crippen molar-refractivity contribution in [3.63, 3.8) is 0 Å². The summed E-state index contributed by atoms with van der Waals surface area (Å²) in [6.45, 7) is 7.11. The molecule has 2 aromatic carbocycles. The molecule has 3 rings (SSSR count). The first-order valence-corrected chi connectivity index (χ1v) is 14.6. The Morgan fingerprint density at radius 1 is 0.882 bits per heavy atom. The fourth-order valence-electron chi connectivity index (χ4n) is 3.94. The smallest absolute Gasteiger partial charge is 0.243 e. The van der Waals surface area contributed by atoms with Gasteiger partial charge in [-0.05, 0) is 62.6 Å². The molecule has 186 valence electrons. The first-order valence-electron chi connectivity index (χ1n) is 11.3. The van der Waals surface area contributed by atoms with Crippen LogP contribution in [0.1, 0.15) is 29.5 Å². The van der Waals surface area contributed by atoms with E-state index in [2.05, 4.69) is 0 Å². The lowest BCUT2D eigenvalue weighted by molar-refractivity contribution is -0.132. The zero-order chi connectivity index (χ0) is 25.1. The standard InChI is InChI=1S/C24H33N3O5S2/c1-19-7-11-23(12-8-19)34(31,32)26-16-14-25(15-17-26)24(28)6-5-13-27(33(4,29)30)22-10-9-20(2)21(3)18-22/h7-12,18H,5-6,13-17H2,1-4H3. The number of rotatable bonds is 8. The summed E-state index contributed by atoms with van der Waals surface area (Å²) < 4.78 is 53.1. The molecule has 8 nitrogen and oxygen atoms in total. The van der Waals surface area contributed by atoms with Crippen molar-refractivity contribution in [3.8, 4) is 0 Å². The van der Waals surface area contributed by atoms with E-state index in [0.717, 1.165) is 22.9 Å². The number of anilines is 1. The summed E-state index contributed by atoms with van der Waals surface area (Å²) in [5, 5.41) is 0. The van der Waals surface area contributed by atoms with E-state index in [1.54, 1.807) is 35.2 Å². The molecular weight excluding hydrogens is 474 g/mol. The van der Waals surface area contributed by atoms with Crippen LogP contribution in [-0.2, 0) is 24.8 Å². The van der Waals surface area contributed by atoms with E-state index in [-0.39, 0.29) is 36.9 Å². The van der Waals surface area contributed by atoms with Gasteiger partial charge in [0.05, 0.1) is 16.8 Å². The third kappa shape index (κ3) is 6.17. The summed E-state index contributed by atoms with van der Waals surface area (Å²) in [5.41, 5.74) is 3.66. The van der Waals surface area contributed by atoms with Crippen molar-refractivity contribution in [3.05, 3.63) is 59.2 Å². The third-order valence-corrected chi connectivity index (χ3v) is 9.29. The molecule has 0 aromatic heterocycles. The van der Waals surface area contributed by atoms with Crippen molar-refractivity contribution in [2.45, 2.75) is 38.5 Å². The monoisotopic (exact) mass is 507 g/mol. The largest absolute Gasteiger partial charge is 0.340 e. The van der Waals surface area contributed by atoms with Crippen molar-refractivity contribution in [2.75, 3.05) is 43.3 Å². The summed E-state index contributed by atoms with van der Waals surface area (Å²) in [5.74, 6) is -0.0964. The average molecular weight is 508 g/mol. The van der Waals surface area contributed by atoms with Gasteiger partial charge in [-0.1, -0.05) is 23.8 Å². The highest BCUT2D eigenvalue weighted by atomic mass is 32.2. The summed E-state index contributed by atoms with van der Waals surface area (Å²) in [7, 11) is -7.08. The molecule has 2 aromatic rings. The van der Waals surface area contributed by atoms with Crippen LogP contribution in [0.25, 0.3) is 0 Å². The van der Waals surface area contributed by atoms with Gasteiger partial charge < -0.3 is 4.90 Å². The number of nitrogens with zero attached hydrogens (tertiary/aromatic N) is 3. The molecule has 0 bridgehead atoms. The van der Waals surface area contributed by atoms with E-state index >= 15 is 0 Å². The maximum Gasteiger partial charge on any atom is 0.243 e. The minimum absolute atomic E-state index is 0.0964. The molecule has 0 radical (unpaired) electrons. The highest BCUT2D eigenvalue weighted by Crippen LogP contribution is 2.22. The molecule has 34 heavy (non-hydrogen) atoms. The second-order valence-electron chi connectivity index (χ2n) is 8.81. The first-order chi connectivity index (χ1) is 15.9. The Morgan fingerprint density at radius 2 is 1.50 bits per heavy atom. The Balaban J connectivity index is 1.55. The van der Waals surface area contributed by atoms with E-state index < -0.39 is 20.0 Å². The number of sulfonamides is 2. The molecular formula is C24H33N3O5S2. The van der Waals surface area contributed by atoms with Gasteiger partial charge in [0.1, 0.15) is 0 Å². The summed E-state index contributed by atoms with van der Waals surface area (Å²) in [6.07, 6.45) is 1.74.